The van der Waals surface area contributed by atoms with Crippen molar-refractivity contribution in [2.45, 2.75) is 59.0 Å². The Labute approximate surface area is 264 Å². The molecule has 8 heteroatoms. The number of amides is 2. The molecule has 0 unspecified atom stereocenters. The van der Waals surface area contributed by atoms with Gasteiger partial charge in [0.15, 0.2) is 0 Å². The second-order valence-electron chi connectivity index (χ2n) is 12.1. The molecule has 2 aliphatic carbocycles. The smallest absolute Gasteiger partial charge is 0.338 e. The molecule has 0 spiro atoms. The van der Waals surface area contributed by atoms with E-state index < -0.39 is 17.5 Å². The molecule has 0 saturated heterocycles. The van der Waals surface area contributed by atoms with Crippen molar-refractivity contribution in [1.29, 1.82) is 5.26 Å². The summed E-state index contributed by atoms with van der Waals surface area (Å²) in [5.41, 5.74) is 2.28. The van der Waals surface area contributed by atoms with Crippen molar-refractivity contribution in [3.63, 3.8) is 0 Å². The summed E-state index contributed by atoms with van der Waals surface area (Å²) in [6.07, 6.45) is 6.41. The number of halogens is 2. The number of carbonyl (C=O) groups is 3. The van der Waals surface area contributed by atoms with Crippen molar-refractivity contribution in [3.05, 3.63) is 91.9 Å². The molecule has 0 N–H and O–H groups in total. The normalized spacial score (nSPS) is 28.8. The number of imide groups is 1. The van der Waals surface area contributed by atoms with Crippen LogP contribution >= 0.6 is 31.9 Å². The van der Waals surface area contributed by atoms with E-state index in [0.29, 0.717) is 36.8 Å². The first kappa shape index (κ1) is 30.4. The van der Waals surface area contributed by atoms with E-state index in [1.165, 1.54) is 4.90 Å². The fourth-order valence-electron chi connectivity index (χ4n) is 7.41. The zero-order valence-corrected chi connectivity index (χ0v) is 27.2. The number of hydrogen-bond donors (Lipinski definition) is 0. The third-order valence-corrected chi connectivity index (χ3v) is 10.9. The van der Waals surface area contributed by atoms with E-state index in [4.69, 9.17) is 4.74 Å². The molecule has 1 aliphatic heterocycles. The molecule has 6 nitrogen and oxygen atoms in total. The highest BCUT2D eigenvalue weighted by Crippen LogP contribution is 2.62. The van der Waals surface area contributed by atoms with Gasteiger partial charge in [0.25, 0.3) is 11.8 Å². The van der Waals surface area contributed by atoms with Crippen LogP contribution in [0.15, 0.2) is 80.8 Å². The lowest BCUT2D eigenvalue weighted by Gasteiger charge is -2.58. The first-order chi connectivity index (χ1) is 20.0. The van der Waals surface area contributed by atoms with Crippen molar-refractivity contribution in [3.8, 4) is 6.07 Å². The van der Waals surface area contributed by atoms with Crippen LogP contribution in [-0.4, -0.2) is 35.3 Å². The quantitative estimate of drug-likeness (QED) is 0.180. The number of nitrogens with zero attached hydrogens (tertiary/aromatic N) is 2. The van der Waals surface area contributed by atoms with Crippen LogP contribution in [0.25, 0.3) is 0 Å². The second-order valence-corrected chi connectivity index (χ2v) is 14.0. The Morgan fingerprint density at radius 2 is 1.76 bits per heavy atom. The Balaban J connectivity index is 1.53. The van der Waals surface area contributed by atoms with E-state index in [1.54, 1.807) is 42.5 Å². The number of ether oxygens (including phenoxy) is 1. The maximum absolute atomic E-state index is 13.5. The van der Waals surface area contributed by atoms with Crippen LogP contribution < -0.4 is 0 Å². The molecule has 1 heterocycles. The lowest BCUT2D eigenvalue weighted by atomic mass is 9.47. The fourth-order valence-corrected chi connectivity index (χ4v) is 8.21. The number of nitriles is 1. The van der Waals surface area contributed by atoms with Gasteiger partial charge in [-0.3, -0.25) is 14.5 Å². The maximum atomic E-state index is 13.5. The number of hydrogen-bond acceptors (Lipinski definition) is 5. The monoisotopic (exact) mass is 692 g/mol. The summed E-state index contributed by atoms with van der Waals surface area (Å²) in [5.74, 6) is -1.04. The van der Waals surface area contributed by atoms with Gasteiger partial charge in [0.2, 0.25) is 0 Å². The van der Waals surface area contributed by atoms with Crippen molar-refractivity contribution < 1.29 is 19.1 Å². The van der Waals surface area contributed by atoms with Gasteiger partial charge in [-0.05, 0) is 91.8 Å². The van der Waals surface area contributed by atoms with Crippen molar-refractivity contribution in [2.24, 2.45) is 22.7 Å². The molecular weight excluding hydrogens is 660 g/mol. The molecule has 3 aliphatic rings. The van der Waals surface area contributed by atoms with Crippen LogP contribution in [0.4, 0.5) is 0 Å². The summed E-state index contributed by atoms with van der Waals surface area (Å²) >= 11 is 6.87. The zero-order chi connectivity index (χ0) is 30.2. The third kappa shape index (κ3) is 5.54. The summed E-state index contributed by atoms with van der Waals surface area (Å²) in [7, 11) is 0. The number of allylic oxidation sites excluding steroid dienone is 2. The molecule has 2 aromatic carbocycles. The number of esters is 1. The average Bonchev–Trinajstić information content (AvgIpc) is 3.09. The number of carbonyl (C=O) groups excluding carboxylic acids is 3. The molecule has 218 valence electrons. The van der Waals surface area contributed by atoms with Gasteiger partial charge in [-0.2, -0.15) is 5.26 Å². The number of fused-ring (bicyclic) bond motifs is 3. The Morgan fingerprint density at radius 1 is 1.10 bits per heavy atom. The molecule has 1 fully saturated rings. The number of rotatable bonds is 5. The minimum atomic E-state index is -0.521. The first-order valence-electron chi connectivity index (χ1n) is 14.3. The molecule has 5 rings (SSSR count). The van der Waals surface area contributed by atoms with Gasteiger partial charge in [0, 0.05) is 39.5 Å². The molecule has 5 atom stereocenters. The van der Waals surface area contributed by atoms with Gasteiger partial charge in [0.1, 0.15) is 6.10 Å². The van der Waals surface area contributed by atoms with Crippen LogP contribution in [0.5, 0.6) is 0 Å². The molecule has 0 bridgehead atoms. The van der Waals surface area contributed by atoms with Gasteiger partial charge in [-0.1, -0.05) is 69.0 Å². The van der Waals surface area contributed by atoms with Crippen molar-refractivity contribution in [2.75, 3.05) is 6.54 Å². The minimum Gasteiger partial charge on any atom is -0.454 e. The molecule has 1 saturated carbocycles. The Hall–Kier alpha value is -3.02. The van der Waals surface area contributed by atoms with Crippen LogP contribution in [0.3, 0.4) is 0 Å². The van der Waals surface area contributed by atoms with Gasteiger partial charge in [0.05, 0.1) is 11.6 Å². The molecule has 0 radical (unpaired) electrons. The second kappa shape index (κ2) is 11.9. The zero-order valence-electron chi connectivity index (χ0n) is 24.0. The minimum absolute atomic E-state index is 0.126. The molecule has 2 amide bonds. The largest absolute Gasteiger partial charge is 0.454 e. The topological polar surface area (TPSA) is 87.5 Å². The summed E-state index contributed by atoms with van der Waals surface area (Å²) in [6, 6.07) is 16.6. The lowest BCUT2D eigenvalue weighted by Crippen LogP contribution is -2.54. The van der Waals surface area contributed by atoms with Crippen molar-refractivity contribution >= 4 is 49.6 Å². The Kier molecular flexibility index (Phi) is 8.65. The molecular formula is C34H34Br2N2O4. The Bertz CT molecular complexity index is 1540. The van der Waals surface area contributed by atoms with Gasteiger partial charge < -0.3 is 4.74 Å². The SMILES string of the molecule is CC1=C[C@@H](OC(=O)c2cccc(Br)c2)[C@H]2[C@@H](CCC3=CC(=O)N(C(=O)c4cccc(Br)c4)CC[C@@]32C)[C@]1(C)CCC#N. The highest BCUT2D eigenvalue weighted by molar-refractivity contribution is 9.10. The van der Waals surface area contributed by atoms with E-state index in [1.807, 2.05) is 12.1 Å². The summed E-state index contributed by atoms with van der Waals surface area (Å²) in [4.78, 5) is 41.8. The van der Waals surface area contributed by atoms with Crippen LogP contribution in [0, 0.1) is 34.0 Å². The predicted molar refractivity (Wildman–Crippen MR) is 167 cm³/mol. The number of benzene rings is 2. The van der Waals surface area contributed by atoms with E-state index in [0.717, 1.165) is 26.5 Å². The summed E-state index contributed by atoms with van der Waals surface area (Å²) in [6.45, 7) is 6.72. The van der Waals surface area contributed by atoms with Crippen LogP contribution in [-0.2, 0) is 9.53 Å². The van der Waals surface area contributed by atoms with E-state index in [9.17, 15) is 19.6 Å². The average molecular weight is 694 g/mol. The van der Waals surface area contributed by atoms with E-state index in [-0.39, 0.29) is 35.6 Å². The fraction of sp³-hybridized carbons (Fsp3) is 0.412. The molecule has 42 heavy (non-hydrogen) atoms. The van der Waals surface area contributed by atoms with Crippen LogP contribution in [0.1, 0.15) is 73.6 Å². The van der Waals surface area contributed by atoms with E-state index in [2.05, 4.69) is 64.8 Å². The van der Waals surface area contributed by atoms with Crippen molar-refractivity contribution in [1.82, 2.24) is 4.90 Å². The maximum Gasteiger partial charge on any atom is 0.338 e. The molecule has 2 aromatic rings. The lowest BCUT2D eigenvalue weighted by molar-refractivity contribution is -0.123. The van der Waals surface area contributed by atoms with Gasteiger partial charge in [-0.25, -0.2) is 4.79 Å². The van der Waals surface area contributed by atoms with E-state index >= 15 is 0 Å². The van der Waals surface area contributed by atoms with Gasteiger partial charge >= 0.3 is 5.97 Å². The standard InChI is InChI=1S/C34H34Br2N2O4/c1-21-17-28(42-32(41)23-8-5-10-26(36)19-23)30-27(33(21,2)13-6-15-37)12-11-24-20-29(39)38(16-14-34(24,30)3)31(40)22-7-4-9-25(35)18-22/h4-5,7-10,17-20,27-28,30H,6,11-14,16H2,1-3H3/t27-,28-,30-,33-,34+/m1/s1. The Morgan fingerprint density at radius 3 is 2.43 bits per heavy atom. The third-order valence-electron chi connectivity index (χ3n) is 9.91. The van der Waals surface area contributed by atoms with Crippen LogP contribution in [0.2, 0.25) is 0 Å². The van der Waals surface area contributed by atoms with Gasteiger partial charge in [-0.15, -0.1) is 0 Å². The molecule has 0 aromatic heterocycles. The predicted octanol–water partition coefficient (Wildman–Crippen LogP) is 8.04. The highest BCUT2D eigenvalue weighted by Gasteiger charge is 2.57. The summed E-state index contributed by atoms with van der Waals surface area (Å²) < 4.78 is 7.87. The highest BCUT2D eigenvalue weighted by atomic mass is 79.9. The summed E-state index contributed by atoms with van der Waals surface area (Å²) in [5, 5.41) is 9.48. The first-order valence-corrected chi connectivity index (χ1v) is 15.9.